The van der Waals surface area contributed by atoms with Gasteiger partial charge in [-0.25, -0.2) is 0 Å². The van der Waals surface area contributed by atoms with E-state index in [0.29, 0.717) is 11.8 Å². The van der Waals surface area contributed by atoms with E-state index in [9.17, 15) is 9.90 Å². The molecule has 0 spiro atoms. The Hall–Kier alpha value is -1.87. The summed E-state index contributed by atoms with van der Waals surface area (Å²) >= 11 is 0. The molecule has 3 nitrogen and oxygen atoms in total. The lowest BCUT2D eigenvalue weighted by atomic mass is 9.46. The van der Waals surface area contributed by atoms with Crippen molar-refractivity contribution in [3.05, 3.63) is 53.6 Å². The minimum Gasteiger partial charge on any atom is -0.393 e. The quantitative estimate of drug-likeness (QED) is 0.396. The molecule has 2 aliphatic carbocycles. The molecular weight excluding hydrogens is 382 g/mol. The van der Waals surface area contributed by atoms with Gasteiger partial charge in [-0.2, -0.15) is 0 Å². The lowest BCUT2D eigenvalue weighted by Crippen LogP contribution is -2.54. The second-order valence-corrected chi connectivity index (χ2v) is 10.7. The Morgan fingerprint density at radius 2 is 1.97 bits per heavy atom. The molecule has 0 heterocycles. The third-order valence-electron chi connectivity index (χ3n) is 8.41. The third-order valence-corrected chi connectivity index (χ3v) is 8.41. The molecule has 0 aromatic heterocycles. The van der Waals surface area contributed by atoms with Crippen molar-refractivity contribution in [2.24, 2.45) is 22.7 Å². The number of hydrogen-bond acceptors (Lipinski definition) is 2. The van der Waals surface area contributed by atoms with Crippen molar-refractivity contribution in [3.8, 4) is 0 Å². The molecule has 3 heteroatoms. The zero-order valence-electron chi connectivity index (χ0n) is 20.1. The first-order chi connectivity index (χ1) is 14.6. The van der Waals surface area contributed by atoms with E-state index in [1.807, 2.05) is 18.2 Å². The zero-order valence-corrected chi connectivity index (χ0v) is 20.1. The van der Waals surface area contributed by atoms with E-state index in [1.165, 1.54) is 5.57 Å². The molecular formula is C28H41NO2. The summed E-state index contributed by atoms with van der Waals surface area (Å²) in [4.78, 5) is 12.6. The number of carbonyl (C=O) groups excluding carboxylic acids is 1. The predicted octanol–water partition coefficient (Wildman–Crippen LogP) is 6.68. The maximum absolute atomic E-state index is 12.6. The Morgan fingerprint density at radius 3 is 2.68 bits per heavy atom. The number of hydrogen-bond donors (Lipinski definition) is 2. The molecule has 1 aromatic rings. The van der Waals surface area contributed by atoms with Gasteiger partial charge in [-0.1, -0.05) is 63.6 Å². The average molecular weight is 424 g/mol. The van der Waals surface area contributed by atoms with Crippen LogP contribution in [0.15, 0.2) is 48.1 Å². The average Bonchev–Trinajstić information content (AvgIpc) is 2.71. The van der Waals surface area contributed by atoms with Crippen LogP contribution in [-0.2, 0) is 11.2 Å². The van der Waals surface area contributed by atoms with Gasteiger partial charge in [0.15, 0.2) is 0 Å². The van der Waals surface area contributed by atoms with E-state index in [1.54, 1.807) is 6.08 Å². The van der Waals surface area contributed by atoms with E-state index in [4.69, 9.17) is 0 Å². The highest BCUT2D eigenvalue weighted by Crippen LogP contribution is 2.61. The van der Waals surface area contributed by atoms with E-state index in [2.05, 4.69) is 52.6 Å². The van der Waals surface area contributed by atoms with Crippen molar-refractivity contribution in [2.75, 3.05) is 5.32 Å². The van der Waals surface area contributed by atoms with Crippen LogP contribution in [0.1, 0.15) is 78.7 Å². The number of aliphatic hydroxyl groups excluding tert-OH is 1. The first-order valence-corrected chi connectivity index (χ1v) is 12.0. The van der Waals surface area contributed by atoms with Gasteiger partial charge in [-0.05, 0) is 86.2 Å². The number of carbonyl (C=O) groups is 1. The summed E-state index contributed by atoms with van der Waals surface area (Å²) in [5, 5.41) is 13.7. The largest absolute Gasteiger partial charge is 0.393 e. The van der Waals surface area contributed by atoms with Gasteiger partial charge in [-0.15, -0.1) is 0 Å². The van der Waals surface area contributed by atoms with Crippen molar-refractivity contribution < 1.29 is 9.90 Å². The summed E-state index contributed by atoms with van der Waals surface area (Å²) in [6.07, 6.45) is 8.48. The maximum Gasteiger partial charge on any atom is 0.248 e. The number of rotatable bonds is 6. The number of anilines is 1. The molecule has 2 aliphatic rings. The van der Waals surface area contributed by atoms with Gasteiger partial charge in [0.1, 0.15) is 0 Å². The van der Waals surface area contributed by atoms with Gasteiger partial charge in [0.05, 0.1) is 6.10 Å². The summed E-state index contributed by atoms with van der Waals surface area (Å²) in [6.45, 7) is 15.5. The number of amides is 1. The molecule has 0 saturated heterocycles. The monoisotopic (exact) mass is 423 g/mol. The lowest BCUT2D eigenvalue weighted by Gasteiger charge is -2.59. The van der Waals surface area contributed by atoms with Gasteiger partial charge < -0.3 is 10.4 Å². The van der Waals surface area contributed by atoms with E-state index >= 15 is 0 Å². The molecule has 0 radical (unpaired) electrons. The van der Waals surface area contributed by atoms with Gasteiger partial charge in [0.25, 0.3) is 0 Å². The molecule has 0 unspecified atom stereocenters. The SMILES string of the molecule is C=C1CC[C@@H]2C(C)(C)[C@H](O)CC[C@@]2(C)[C@@H]1CCC(C)=CC(=O)Nc1ccccc1CC. The number of benzene rings is 1. The third kappa shape index (κ3) is 4.82. The van der Waals surface area contributed by atoms with Crippen molar-refractivity contribution in [3.63, 3.8) is 0 Å². The standard InChI is InChI=1S/C28H41NO2/c1-7-21-10-8-9-11-23(21)29-26(31)18-19(2)12-14-22-20(3)13-15-24-27(4,5)25(30)16-17-28(22,24)6/h8-11,18,22,24-25,30H,3,7,12-17H2,1-2,4-6H3,(H,29,31)/t22-,24-,25-,28+/m1/s1. The predicted molar refractivity (Wildman–Crippen MR) is 130 cm³/mol. The Balaban J connectivity index is 1.67. The van der Waals surface area contributed by atoms with Gasteiger partial charge in [0, 0.05) is 11.8 Å². The minimum atomic E-state index is -0.214. The van der Waals surface area contributed by atoms with Crippen molar-refractivity contribution in [1.29, 1.82) is 0 Å². The summed E-state index contributed by atoms with van der Waals surface area (Å²) in [5.74, 6) is 0.912. The van der Waals surface area contributed by atoms with Crippen LogP contribution in [0.25, 0.3) is 0 Å². The fourth-order valence-electron chi connectivity index (χ4n) is 6.49. The zero-order chi connectivity index (χ0) is 22.8. The number of para-hydroxylation sites is 1. The number of aliphatic hydroxyl groups is 1. The smallest absolute Gasteiger partial charge is 0.248 e. The highest BCUT2D eigenvalue weighted by atomic mass is 16.3. The number of aryl methyl sites for hydroxylation is 1. The van der Waals surface area contributed by atoms with E-state index in [-0.39, 0.29) is 22.8 Å². The van der Waals surface area contributed by atoms with Crippen molar-refractivity contribution in [1.82, 2.24) is 0 Å². The molecule has 4 atom stereocenters. The summed E-state index contributed by atoms with van der Waals surface area (Å²) in [5.41, 5.74) is 4.66. The van der Waals surface area contributed by atoms with Crippen LogP contribution >= 0.6 is 0 Å². The van der Waals surface area contributed by atoms with Crippen LogP contribution in [0.5, 0.6) is 0 Å². The molecule has 0 aliphatic heterocycles. The van der Waals surface area contributed by atoms with Crippen LogP contribution in [0.2, 0.25) is 0 Å². The van der Waals surface area contributed by atoms with Crippen LogP contribution in [-0.4, -0.2) is 17.1 Å². The Morgan fingerprint density at radius 1 is 1.26 bits per heavy atom. The first-order valence-electron chi connectivity index (χ1n) is 12.0. The van der Waals surface area contributed by atoms with Crippen molar-refractivity contribution >= 4 is 11.6 Å². The molecule has 31 heavy (non-hydrogen) atoms. The molecule has 0 bridgehead atoms. The molecule has 2 N–H and O–H groups in total. The van der Waals surface area contributed by atoms with E-state index < -0.39 is 0 Å². The second-order valence-electron chi connectivity index (χ2n) is 10.7. The summed E-state index contributed by atoms with van der Waals surface area (Å²) < 4.78 is 0. The Labute approximate surface area is 189 Å². The second kappa shape index (κ2) is 9.32. The number of fused-ring (bicyclic) bond motifs is 1. The normalized spacial score (nSPS) is 30.6. The maximum atomic E-state index is 12.6. The number of allylic oxidation sites excluding steroid dienone is 2. The van der Waals surface area contributed by atoms with Crippen LogP contribution in [0.3, 0.4) is 0 Å². The van der Waals surface area contributed by atoms with Gasteiger partial charge in [0.2, 0.25) is 5.91 Å². The first kappa shape index (κ1) is 23.8. The molecule has 170 valence electrons. The molecule has 3 rings (SSSR count). The van der Waals surface area contributed by atoms with Gasteiger partial charge >= 0.3 is 0 Å². The van der Waals surface area contributed by atoms with Crippen LogP contribution in [0, 0.1) is 22.7 Å². The topological polar surface area (TPSA) is 49.3 Å². The van der Waals surface area contributed by atoms with Crippen molar-refractivity contribution in [2.45, 2.75) is 85.7 Å². The van der Waals surface area contributed by atoms with Crippen LogP contribution in [0.4, 0.5) is 5.69 Å². The Bertz CT molecular complexity index is 852. The lowest BCUT2D eigenvalue weighted by molar-refractivity contribution is -0.124. The molecule has 2 fully saturated rings. The molecule has 1 aromatic carbocycles. The van der Waals surface area contributed by atoms with Crippen LogP contribution < -0.4 is 5.32 Å². The van der Waals surface area contributed by atoms with Gasteiger partial charge in [-0.3, -0.25) is 4.79 Å². The fraction of sp³-hybridized carbons (Fsp3) is 0.607. The minimum absolute atomic E-state index is 0.0492. The highest BCUT2D eigenvalue weighted by molar-refractivity contribution is 6.00. The highest BCUT2D eigenvalue weighted by Gasteiger charge is 2.55. The summed E-state index contributed by atoms with van der Waals surface area (Å²) in [6, 6.07) is 7.98. The molecule has 1 amide bonds. The Kier molecular flexibility index (Phi) is 7.15. The number of nitrogens with one attached hydrogen (secondary N) is 1. The fourth-order valence-corrected chi connectivity index (χ4v) is 6.49. The summed E-state index contributed by atoms with van der Waals surface area (Å²) in [7, 11) is 0. The molecule has 2 saturated carbocycles. The van der Waals surface area contributed by atoms with E-state index in [0.717, 1.165) is 61.8 Å².